The zero-order valence-electron chi connectivity index (χ0n) is 17.4. The lowest BCUT2D eigenvalue weighted by molar-refractivity contribution is -0.384. The predicted molar refractivity (Wildman–Crippen MR) is 111 cm³/mol. The molecule has 2 fully saturated rings. The van der Waals surface area contributed by atoms with Crippen molar-refractivity contribution in [1.29, 1.82) is 0 Å². The Morgan fingerprint density at radius 1 is 1.32 bits per heavy atom. The number of carbonyl (C=O) groups is 1. The normalized spacial score (nSPS) is 19.9. The summed E-state index contributed by atoms with van der Waals surface area (Å²) in [7, 11) is 0. The van der Waals surface area contributed by atoms with E-state index < -0.39 is 4.92 Å². The summed E-state index contributed by atoms with van der Waals surface area (Å²) in [6.45, 7) is 4.35. The highest BCUT2D eigenvalue weighted by Gasteiger charge is 2.38. The fraction of sp³-hybridized carbons (Fsp3) is 0.409. The number of furan rings is 1. The topological polar surface area (TPSA) is 107 Å². The number of hydrogen-bond donors (Lipinski definition) is 0. The lowest BCUT2D eigenvalue weighted by Crippen LogP contribution is -2.33. The molecular formula is C22H23N5O4. The summed E-state index contributed by atoms with van der Waals surface area (Å²) < 4.78 is 7.48. The SMILES string of the molecule is Cc1c(C(=O)N(Cc2ccc(C3CC3C)o2)C2CC2)nnn1-c1cccc([N+](=O)[O-])c1. The van der Waals surface area contributed by atoms with Crippen molar-refractivity contribution in [3.05, 3.63) is 69.4 Å². The first kappa shape index (κ1) is 19.5. The highest BCUT2D eigenvalue weighted by molar-refractivity contribution is 5.93. The molecule has 9 nitrogen and oxygen atoms in total. The molecule has 160 valence electrons. The number of rotatable bonds is 7. The Labute approximate surface area is 178 Å². The minimum atomic E-state index is -0.462. The molecule has 5 rings (SSSR count). The van der Waals surface area contributed by atoms with Gasteiger partial charge < -0.3 is 9.32 Å². The molecule has 0 N–H and O–H groups in total. The van der Waals surface area contributed by atoms with Crippen LogP contribution in [0.2, 0.25) is 0 Å². The lowest BCUT2D eigenvalue weighted by atomic mass is 10.2. The summed E-state index contributed by atoms with van der Waals surface area (Å²) in [6.07, 6.45) is 3.06. The summed E-state index contributed by atoms with van der Waals surface area (Å²) in [4.78, 5) is 25.8. The van der Waals surface area contributed by atoms with Gasteiger partial charge in [-0.25, -0.2) is 4.68 Å². The lowest BCUT2D eigenvalue weighted by Gasteiger charge is -2.20. The van der Waals surface area contributed by atoms with Crippen molar-refractivity contribution in [1.82, 2.24) is 19.9 Å². The van der Waals surface area contributed by atoms with Crippen molar-refractivity contribution in [2.75, 3.05) is 0 Å². The third kappa shape index (κ3) is 3.71. The zero-order chi connectivity index (χ0) is 21.7. The molecule has 2 aromatic heterocycles. The fourth-order valence-electron chi connectivity index (χ4n) is 3.96. The van der Waals surface area contributed by atoms with Crippen LogP contribution in [0.1, 0.15) is 59.8 Å². The second-order valence-electron chi connectivity index (χ2n) is 8.50. The van der Waals surface area contributed by atoms with Gasteiger partial charge in [-0.15, -0.1) is 5.10 Å². The summed E-state index contributed by atoms with van der Waals surface area (Å²) in [5, 5.41) is 19.3. The molecule has 0 saturated heterocycles. The van der Waals surface area contributed by atoms with Crippen LogP contribution in [0, 0.1) is 23.0 Å². The molecule has 0 aliphatic heterocycles. The van der Waals surface area contributed by atoms with E-state index >= 15 is 0 Å². The van der Waals surface area contributed by atoms with Crippen molar-refractivity contribution in [3.63, 3.8) is 0 Å². The number of benzene rings is 1. The average Bonchev–Trinajstić information content (AvgIpc) is 3.65. The average molecular weight is 421 g/mol. The molecule has 3 aromatic rings. The molecule has 1 amide bonds. The highest BCUT2D eigenvalue weighted by atomic mass is 16.6. The maximum absolute atomic E-state index is 13.3. The van der Waals surface area contributed by atoms with Gasteiger partial charge in [0, 0.05) is 24.1 Å². The number of nitro benzene ring substituents is 1. The van der Waals surface area contributed by atoms with Crippen LogP contribution < -0.4 is 0 Å². The van der Waals surface area contributed by atoms with Crippen LogP contribution in [-0.2, 0) is 6.54 Å². The molecule has 0 radical (unpaired) electrons. The van der Waals surface area contributed by atoms with E-state index in [9.17, 15) is 14.9 Å². The van der Waals surface area contributed by atoms with Gasteiger partial charge in [-0.1, -0.05) is 18.2 Å². The number of amides is 1. The van der Waals surface area contributed by atoms with Gasteiger partial charge in [0.1, 0.15) is 11.5 Å². The van der Waals surface area contributed by atoms with E-state index in [1.54, 1.807) is 24.0 Å². The monoisotopic (exact) mass is 421 g/mol. The molecule has 9 heteroatoms. The minimum Gasteiger partial charge on any atom is -0.464 e. The second kappa shape index (κ2) is 7.33. The Hall–Kier alpha value is -3.49. The van der Waals surface area contributed by atoms with Crippen molar-refractivity contribution < 1.29 is 14.1 Å². The van der Waals surface area contributed by atoms with E-state index in [0.717, 1.165) is 30.8 Å². The molecule has 2 atom stereocenters. The van der Waals surface area contributed by atoms with Gasteiger partial charge in [-0.2, -0.15) is 0 Å². The summed E-state index contributed by atoms with van der Waals surface area (Å²) in [5.41, 5.74) is 1.24. The largest absolute Gasteiger partial charge is 0.464 e. The van der Waals surface area contributed by atoms with Crippen LogP contribution in [0.5, 0.6) is 0 Å². The molecular weight excluding hydrogens is 398 g/mol. The second-order valence-corrected chi connectivity index (χ2v) is 8.50. The Morgan fingerprint density at radius 3 is 2.77 bits per heavy atom. The number of non-ortho nitro benzene ring substituents is 1. The maximum atomic E-state index is 13.3. The molecule has 2 aliphatic carbocycles. The zero-order valence-corrected chi connectivity index (χ0v) is 17.4. The standard InChI is InChI=1S/C22H23N5O4/c1-13-10-19(13)20-9-8-18(31-20)12-25(15-6-7-15)22(28)21-14(2)26(24-23-21)16-4-3-5-17(11-16)27(29)30/h3-5,8-9,11,13,15,19H,6-7,10,12H2,1-2H3. The van der Waals surface area contributed by atoms with E-state index in [-0.39, 0.29) is 23.3 Å². The number of aromatic nitrogens is 3. The Morgan fingerprint density at radius 2 is 2.10 bits per heavy atom. The van der Waals surface area contributed by atoms with E-state index in [2.05, 4.69) is 17.2 Å². The quantitative estimate of drug-likeness (QED) is 0.421. The number of nitro groups is 1. The van der Waals surface area contributed by atoms with Crippen LogP contribution in [0.4, 0.5) is 5.69 Å². The third-order valence-electron chi connectivity index (χ3n) is 6.11. The van der Waals surface area contributed by atoms with E-state index in [1.807, 2.05) is 12.1 Å². The van der Waals surface area contributed by atoms with Gasteiger partial charge in [0.15, 0.2) is 5.69 Å². The van der Waals surface area contributed by atoms with E-state index in [0.29, 0.717) is 29.8 Å². The fourth-order valence-corrected chi connectivity index (χ4v) is 3.96. The first-order valence-corrected chi connectivity index (χ1v) is 10.5. The predicted octanol–water partition coefficient (Wildman–Crippen LogP) is 4.01. The van der Waals surface area contributed by atoms with Crippen molar-refractivity contribution in [2.24, 2.45) is 5.92 Å². The Balaban J connectivity index is 1.39. The van der Waals surface area contributed by atoms with Gasteiger partial charge >= 0.3 is 0 Å². The van der Waals surface area contributed by atoms with Crippen LogP contribution in [0.3, 0.4) is 0 Å². The van der Waals surface area contributed by atoms with Crippen molar-refractivity contribution in [2.45, 2.75) is 51.6 Å². The van der Waals surface area contributed by atoms with Gasteiger partial charge in [0.25, 0.3) is 11.6 Å². The maximum Gasteiger partial charge on any atom is 0.276 e. The van der Waals surface area contributed by atoms with Gasteiger partial charge in [0.05, 0.1) is 22.8 Å². The van der Waals surface area contributed by atoms with Gasteiger partial charge in [-0.3, -0.25) is 14.9 Å². The minimum absolute atomic E-state index is 0.0431. The first-order valence-electron chi connectivity index (χ1n) is 10.5. The van der Waals surface area contributed by atoms with E-state index in [4.69, 9.17) is 4.42 Å². The third-order valence-corrected chi connectivity index (χ3v) is 6.11. The highest BCUT2D eigenvalue weighted by Crippen LogP contribution is 2.47. The number of carbonyl (C=O) groups excluding carboxylic acids is 1. The van der Waals surface area contributed by atoms with Crippen LogP contribution in [-0.4, -0.2) is 36.8 Å². The molecule has 2 saturated carbocycles. The van der Waals surface area contributed by atoms with Crippen LogP contribution in [0.15, 0.2) is 40.8 Å². The first-order chi connectivity index (χ1) is 14.9. The molecule has 2 aliphatic rings. The smallest absolute Gasteiger partial charge is 0.276 e. The molecule has 0 spiro atoms. The van der Waals surface area contributed by atoms with Crippen LogP contribution >= 0.6 is 0 Å². The van der Waals surface area contributed by atoms with Gasteiger partial charge in [-0.05, 0) is 50.3 Å². The van der Waals surface area contributed by atoms with Gasteiger partial charge in [0.2, 0.25) is 0 Å². The Kier molecular flexibility index (Phi) is 4.60. The number of nitrogens with zero attached hydrogens (tertiary/aromatic N) is 5. The summed E-state index contributed by atoms with van der Waals surface area (Å²) >= 11 is 0. The van der Waals surface area contributed by atoms with E-state index in [1.165, 1.54) is 16.8 Å². The molecule has 0 bridgehead atoms. The summed E-state index contributed by atoms with van der Waals surface area (Å²) in [6, 6.07) is 10.3. The molecule has 2 unspecified atom stereocenters. The van der Waals surface area contributed by atoms with Crippen molar-refractivity contribution in [3.8, 4) is 5.69 Å². The summed E-state index contributed by atoms with van der Waals surface area (Å²) in [5.74, 6) is 2.73. The number of hydrogen-bond acceptors (Lipinski definition) is 6. The Bertz CT molecular complexity index is 1160. The molecule has 1 aromatic carbocycles. The van der Waals surface area contributed by atoms with Crippen LogP contribution in [0.25, 0.3) is 5.69 Å². The molecule has 31 heavy (non-hydrogen) atoms. The molecule has 2 heterocycles. The van der Waals surface area contributed by atoms with Crippen molar-refractivity contribution >= 4 is 11.6 Å².